The lowest BCUT2D eigenvalue weighted by molar-refractivity contribution is 0.0351. The molecular weight excluding hydrogens is 647 g/mol. The molecule has 1 saturated heterocycles. The fraction of sp³-hybridized carbons (Fsp3) is 0.421. The monoisotopic (exact) mass is 690 g/mol. The number of H-pyrrole nitrogens is 1. The summed E-state index contributed by atoms with van der Waals surface area (Å²) in [4.78, 5) is 19.1. The Hall–Kier alpha value is -3.96. The van der Waals surface area contributed by atoms with Crippen LogP contribution < -0.4 is 4.74 Å². The van der Waals surface area contributed by atoms with Gasteiger partial charge < -0.3 is 24.3 Å². The van der Waals surface area contributed by atoms with Crippen molar-refractivity contribution in [1.29, 1.82) is 0 Å². The van der Waals surface area contributed by atoms with Crippen LogP contribution in [0.2, 0.25) is 5.02 Å². The second-order valence-electron chi connectivity index (χ2n) is 12.4. The molecule has 0 aliphatic carbocycles. The van der Waals surface area contributed by atoms with E-state index in [0.717, 1.165) is 72.2 Å². The molecule has 5 aromatic rings. The molecular formula is C38H44ClFN4O5. The lowest BCUT2D eigenvalue weighted by atomic mass is 9.94. The maximum absolute atomic E-state index is 13.8. The third kappa shape index (κ3) is 7.48. The Balaban J connectivity index is 1.31. The van der Waals surface area contributed by atoms with Gasteiger partial charge in [0, 0.05) is 47.7 Å². The largest absolute Gasteiger partial charge is 0.493 e. The number of esters is 1. The van der Waals surface area contributed by atoms with Crippen LogP contribution in [0.1, 0.15) is 66.7 Å². The number of hydrogen-bond acceptors (Lipinski definition) is 7. The summed E-state index contributed by atoms with van der Waals surface area (Å²) in [7, 11) is 1.89. The minimum atomic E-state index is -0.796. The molecule has 6 rings (SSSR count). The summed E-state index contributed by atoms with van der Waals surface area (Å²) >= 11 is 7.00. The predicted octanol–water partition coefficient (Wildman–Crippen LogP) is 7.41. The van der Waals surface area contributed by atoms with Gasteiger partial charge in [-0.3, -0.25) is 9.58 Å². The van der Waals surface area contributed by atoms with E-state index in [-0.39, 0.29) is 12.4 Å². The summed E-state index contributed by atoms with van der Waals surface area (Å²) in [5.41, 5.74) is 4.90. The molecule has 1 aliphatic heterocycles. The Kier molecular flexibility index (Phi) is 11.2. The molecule has 11 heteroatoms. The zero-order valence-corrected chi connectivity index (χ0v) is 29.1. The number of aliphatic hydroxyl groups excluding tert-OH is 1. The van der Waals surface area contributed by atoms with Crippen molar-refractivity contribution in [1.82, 2.24) is 19.7 Å². The van der Waals surface area contributed by atoms with Gasteiger partial charge in [0.05, 0.1) is 48.8 Å². The highest BCUT2D eigenvalue weighted by Gasteiger charge is 2.28. The summed E-state index contributed by atoms with van der Waals surface area (Å²) in [6, 6.07) is 14.0. The number of aromatic amines is 1. The molecule has 3 aromatic carbocycles. The molecule has 1 atom stereocenters. The first-order valence-electron chi connectivity index (χ1n) is 17.2. The lowest BCUT2D eigenvalue weighted by Gasteiger charge is -2.26. The van der Waals surface area contributed by atoms with E-state index in [2.05, 4.69) is 16.8 Å². The quantitative estimate of drug-likeness (QED) is 0.0924. The van der Waals surface area contributed by atoms with Gasteiger partial charge in [0.2, 0.25) is 0 Å². The molecule has 1 unspecified atom stereocenters. The van der Waals surface area contributed by atoms with Gasteiger partial charge in [0.25, 0.3) is 0 Å². The maximum Gasteiger partial charge on any atom is 0.355 e. The molecule has 3 heterocycles. The number of aromatic nitrogens is 3. The van der Waals surface area contributed by atoms with E-state index in [1.165, 1.54) is 12.1 Å². The summed E-state index contributed by atoms with van der Waals surface area (Å²) in [6.07, 6.45) is 2.37. The van der Waals surface area contributed by atoms with E-state index >= 15 is 0 Å². The molecule has 0 bridgehead atoms. The normalized spacial score (nSPS) is 14.5. The fourth-order valence-electron chi connectivity index (χ4n) is 6.92. The second kappa shape index (κ2) is 15.7. The number of nitrogens with one attached hydrogen (secondary N) is 1. The number of aryl methyl sites for hydroxylation is 2. The number of carbonyl (C=O) groups excluding carboxylic acids is 1. The molecule has 2 aromatic heterocycles. The number of rotatable bonds is 14. The van der Waals surface area contributed by atoms with Crippen LogP contribution in [0.15, 0.2) is 48.5 Å². The van der Waals surface area contributed by atoms with Crippen LogP contribution in [-0.4, -0.2) is 76.8 Å². The summed E-state index contributed by atoms with van der Waals surface area (Å²) in [6.45, 7) is 8.60. The average molecular weight is 691 g/mol. The molecule has 0 saturated carbocycles. The van der Waals surface area contributed by atoms with E-state index in [1.54, 1.807) is 13.0 Å². The van der Waals surface area contributed by atoms with Gasteiger partial charge in [-0.15, -0.1) is 0 Å². The van der Waals surface area contributed by atoms with Crippen LogP contribution in [0.3, 0.4) is 0 Å². The van der Waals surface area contributed by atoms with E-state index in [0.29, 0.717) is 65.5 Å². The zero-order valence-electron chi connectivity index (χ0n) is 28.4. The van der Waals surface area contributed by atoms with Gasteiger partial charge in [-0.25, -0.2) is 9.18 Å². The number of carbonyl (C=O) groups is 1. The molecule has 0 radical (unpaired) electrons. The topological polar surface area (TPSA) is 102 Å². The van der Waals surface area contributed by atoms with Crippen molar-refractivity contribution < 1.29 is 28.5 Å². The van der Waals surface area contributed by atoms with Crippen LogP contribution in [0.5, 0.6) is 5.75 Å². The summed E-state index contributed by atoms with van der Waals surface area (Å²) in [5.74, 6) is -0.0634. The molecule has 1 aliphatic rings. The van der Waals surface area contributed by atoms with Crippen LogP contribution >= 0.6 is 11.6 Å². The van der Waals surface area contributed by atoms with Crippen LogP contribution in [0.4, 0.5) is 4.39 Å². The number of aliphatic hydroxyl groups is 1. The number of halogens is 2. The average Bonchev–Trinajstić information content (AvgIpc) is 3.64. The van der Waals surface area contributed by atoms with Crippen LogP contribution in [0, 0.1) is 5.82 Å². The summed E-state index contributed by atoms with van der Waals surface area (Å²) < 4.78 is 32.7. The lowest BCUT2D eigenvalue weighted by Crippen LogP contribution is -2.36. The van der Waals surface area contributed by atoms with Gasteiger partial charge >= 0.3 is 5.97 Å². The minimum absolute atomic E-state index is 0.232. The third-order valence-electron chi connectivity index (χ3n) is 9.29. The SMILES string of the molecule is CCOC(=O)c1[nH]c2c(-c3c(C(O)CCCN4CCOCC4)nn(C)c3CC)c(Cl)ccc2c1CCCOc1cccc2cc(F)ccc12. The Morgan fingerprint density at radius 2 is 1.90 bits per heavy atom. The van der Waals surface area contributed by atoms with Crippen molar-refractivity contribution >= 4 is 39.2 Å². The zero-order chi connectivity index (χ0) is 34.5. The molecule has 260 valence electrons. The predicted molar refractivity (Wildman–Crippen MR) is 190 cm³/mol. The van der Waals surface area contributed by atoms with Crippen molar-refractivity contribution in [2.75, 3.05) is 46.1 Å². The molecule has 0 spiro atoms. The Labute approximate surface area is 290 Å². The van der Waals surface area contributed by atoms with Crippen molar-refractivity contribution in [3.63, 3.8) is 0 Å². The fourth-order valence-corrected chi connectivity index (χ4v) is 7.17. The van der Waals surface area contributed by atoms with Crippen molar-refractivity contribution in [2.45, 2.75) is 52.1 Å². The highest BCUT2D eigenvalue weighted by Crippen LogP contribution is 2.43. The number of ether oxygens (including phenoxy) is 3. The highest BCUT2D eigenvalue weighted by molar-refractivity contribution is 6.35. The van der Waals surface area contributed by atoms with Gasteiger partial charge in [-0.1, -0.05) is 36.7 Å². The van der Waals surface area contributed by atoms with E-state index in [1.807, 2.05) is 42.1 Å². The molecule has 1 fully saturated rings. The molecule has 0 amide bonds. The van der Waals surface area contributed by atoms with E-state index < -0.39 is 12.1 Å². The standard InChI is InChI=1S/C38H44ClFN4O5/c1-4-30-34(37(42-43(30)3)31(45)11-7-17-44-18-21-47-22-19-44)33-29(39)16-15-28-27(36(41-35(28)33)38(46)48-5-2)10-8-20-49-32-12-6-9-24-23-25(40)13-14-26(24)32/h6,9,12-16,23,31,41,45H,4-5,7-8,10-11,17-22H2,1-3H3. The minimum Gasteiger partial charge on any atom is -0.493 e. The first-order chi connectivity index (χ1) is 23.8. The smallest absolute Gasteiger partial charge is 0.355 e. The number of hydrogen-bond donors (Lipinski definition) is 2. The first-order valence-corrected chi connectivity index (χ1v) is 17.5. The second-order valence-corrected chi connectivity index (χ2v) is 12.8. The first kappa shape index (κ1) is 34.9. The van der Waals surface area contributed by atoms with Gasteiger partial charge in [-0.2, -0.15) is 5.10 Å². The number of nitrogens with zero attached hydrogens (tertiary/aromatic N) is 3. The molecule has 49 heavy (non-hydrogen) atoms. The van der Waals surface area contributed by atoms with E-state index in [9.17, 15) is 14.3 Å². The molecule has 9 nitrogen and oxygen atoms in total. The number of benzene rings is 3. The Morgan fingerprint density at radius 3 is 2.67 bits per heavy atom. The van der Waals surface area contributed by atoms with Crippen LogP contribution in [-0.2, 0) is 29.4 Å². The third-order valence-corrected chi connectivity index (χ3v) is 9.61. The van der Waals surface area contributed by atoms with E-state index in [4.69, 9.17) is 30.9 Å². The number of fused-ring (bicyclic) bond motifs is 2. The number of morpholine rings is 1. The molecule has 2 N–H and O–H groups in total. The van der Waals surface area contributed by atoms with Crippen molar-refractivity contribution in [3.8, 4) is 16.9 Å². The van der Waals surface area contributed by atoms with Crippen molar-refractivity contribution in [3.05, 3.63) is 82.0 Å². The summed E-state index contributed by atoms with van der Waals surface area (Å²) in [5, 5.41) is 19.3. The Morgan fingerprint density at radius 1 is 1.10 bits per heavy atom. The highest BCUT2D eigenvalue weighted by atomic mass is 35.5. The van der Waals surface area contributed by atoms with Gasteiger partial charge in [-0.05, 0) is 86.9 Å². The maximum atomic E-state index is 13.8. The van der Waals surface area contributed by atoms with Gasteiger partial charge in [0.1, 0.15) is 17.3 Å². The Bertz CT molecular complexity index is 1930. The van der Waals surface area contributed by atoms with Gasteiger partial charge in [0.15, 0.2) is 0 Å². The van der Waals surface area contributed by atoms with Crippen LogP contribution in [0.25, 0.3) is 32.8 Å². The van der Waals surface area contributed by atoms with Crippen molar-refractivity contribution in [2.24, 2.45) is 7.05 Å².